The van der Waals surface area contributed by atoms with Gasteiger partial charge in [-0.1, -0.05) is 23.7 Å². The maximum absolute atomic E-state index is 13.5. The zero-order valence-electron chi connectivity index (χ0n) is 18.5. The highest BCUT2D eigenvalue weighted by molar-refractivity contribution is 6.30. The lowest BCUT2D eigenvalue weighted by Crippen LogP contribution is -2.16. The average Bonchev–Trinajstić information content (AvgIpc) is 3.23. The molecule has 0 saturated carbocycles. The van der Waals surface area contributed by atoms with Gasteiger partial charge in [-0.2, -0.15) is 13.2 Å². The standard InChI is InChI=1S/C26H22ClF3N2O3/c27-22-5-7-23(8-6-22)35-12-11-32-10-9-19-13-21(26(28,29)30)14-20(24(19)32)16-31-15-17-1-3-18(4-2-17)25(33)34/h1-10,13-14,31H,11-12,15-16H2,(H,33,34). The minimum absolute atomic E-state index is 0.173. The third-order valence-electron chi connectivity index (χ3n) is 5.53. The van der Waals surface area contributed by atoms with E-state index in [4.69, 9.17) is 21.4 Å². The van der Waals surface area contributed by atoms with Crippen molar-refractivity contribution in [1.29, 1.82) is 0 Å². The molecule has 0 bridgehead atoms. The molecule has 1 heterocycles. The molecule has 0 spiro atoms. The van der Waals surface area contributed by atoms with Gasteiger partial charge < -0.3 is 19.7 Å². The van der Waals surface area contributed by atoms with Crippen LogP contribution in [0.3, 0.4) is 0 Å². The number of hydrogen-bond acceptors (Lipinski definition) is 3. The molecule has 0 atom stereocenters. The molecule has 0 aliphatic heterocycles. The molecule has 0 unspecified atom stereocenters. The SMILES string of the molecule is O=C(O)c1ccc(CNCc2cc(C(F)(F)F)cc3ccn(CCOc4ccc(Cl)cc4)c23)cc1. The van der Waals surface area contributed by atoms with Crippen molar-refractivity contribution in [3.8, 4) is 5.75 Å². The molecule has 0 radical (unpaired) electrons. The number of aromatic nitrogens is 1. The topological polar surface area (TPSA) is 63.5 Å². The molecule has 3 aromatic carbocycles. The molecule has 0 aliphatic carbocycles. The first-order chi connectivity index (χ1) is 16.7. The monoisotopic (exact) mass is 502 g/mol. The molecular formula is C26H22ClF3N2O3. The molecular weight excluding hydrogens is 481 g/mol. The lowest BCUT2D eigenvalue weighted by molar-refractivity contribution is -0.137. The number of hydrogen-bond donors (Lipinski definition) is 2. The Kier molecular flexibility index (Phi) is 7.33. The van der Waals surface area contributed by atoms with Crippen molar-refractivity contribution in [2.45, 2.75) is 25.8 Å². The number of alkyl halides is 3. The van der Waals surface area contributed by atoms with Crippen LogP contribution in [0.15, 0.2) is 72.9 Å². The summed E-state index contributed by atoms with van der Waals surface area (Å²) in [7, 11) is 0. The Morgan fingerprint density at radius 1 is 1.00 bits per heavy atom. The van der Waals surface area contributed by atoms with E-state index >= 15 is 0 Å². The van der Waals surface area contributed by atoms with Crippen LogP contribution in [0.5, 0.6) is 5.75 Å². The van der Waals surface area contributed by atoms with Crippen molar-refractivity contribution in [2.24, 2.45) is 0 Å². The smallest absolute Gasteiger partial charge is 0.416 e. The van der Waals surface area contributed by atoms with Gasteiger partial charge in [-0.05, 0) is 65.7 Å². The normalized spacial score (nSPS) is 11.7. The van der Waals surface area contributed by atoms with Crippen LogP contribution in [0.4, 0.5) is 13.2 Å². The number of fused-ring (bicyclic) bond motifs is 1. The van der Waals surface area contributed by atoms with E-state index < -0.39 is 17.7 Å². The van der Waals surface area contributed by atoms with E-state index in [9.17, 15) is 18.0 Å². The quantitative estimate of drug-likeness (QED) is 0.279. The Balaban J connectivity index is 1.51. The van der Waals surface area contributed by atoms with Crippen LogP contribution in [-0.2, 0) is 25.8 Å². The number of carboxylic acids is 1. The van der Waals surface area contributed by atoms with Crippen LogP contribution >= 0.6 is 11.6 Å². The maximum atomic E-state index is 13.5. The minimum Gasteiger partial charge on any atom is -0.492 e. The lowest BCUT2D eigenvalue weighted by atomic mass is 10.1. The molecule has 2 N–H and O–H groups in total. The first kappa shape index (κ1) is 24.6. The Morgan fingerprint density at radius 3 is 2.37 bits per heavy atom. The van der Waals surface area contributed by atoms with Crippen molar-refractivity contribution in [3.05, 3.63) is 100 Å². The van der Waals surface area contributed by atoms with Crippen LogP contribution in [0.2, 0.25) is 5.02 Å². The molecule has 5 nitrogen and oxygen atoms in total. The third-order valence-corrected chi connectivity index (χ3v) is 5.78. The second-order valence-corrected chi connectivity index (χ2v) is 8.42. The molecule has 4 aromatic rings. The van der Waals surface area contributed by atoms with Gasteiger partial charge in [0, 0.05) is 29.7 Å². The molecule has 0 aliphatic rings. The van der Waals surface area contributed by atoms with E-state index in [0.717, 1.165) is 11.6 Å². The molecule has 0 fully saturated rings. The Labute approximate surface area is 204 Å². The predicted octanol–water partition coefficient (Wildman–Crippen LogP) is 6.38. The van der Waals surface area contributed by atoms with Crippen molar-refractivity contribution in [3.63, 3.8) is 0 Å². The highest BCUT2D eigenvalue weighted by atomic mass is 35.5. The number of carboxylic acid groups (broad SMARTS) is 1. The zero-order valence-corrected chi connectivity index (χ0v) is 19.2. The minimum atomic E-state index is -4.46. The Hall–Kier alpha value is -3.49. The van der Waals surface area contributed by atoms with Gasteiger partial charge in [-0.25, -0.2) is 4.79 Å². The summed E-state index contributed by atoms with van der Waals surface area (Å²) in [6.07, 6.45) is -2.71. The summed E-state index contributed by atoms with van der Waals surface area (Å²) >= 11 is 5.89. The first-order valence-electron chi connectivity index (χ1n) is 10.8. The second-order valence-electron chi connectivity index (χ2n) is 7.99. The fraction of sp³-hybridized carbons (Fsp3) is 0.192. The number of benzene rings is 3. The molecule has 0 saturated heterocycles. The summed E-state index contributed by atoms with van der Waals surface area (Å²) in [4.78, 5) is 11.0. The fourth-order valence-electron chi connectivity index (χ4n) is 3.83. The fourth-order valence-corrected chi connectivity index (χ4v) is 3.95. The first-order valence-corrected chi connectivity index (χ1v) is 11.2. The van der Waals surface area contributed by atoms with Gasteiger partial charge in [0.25, 0.3) is 0 Å². The highest BCUT2D eigenvalue weighted by Crippen LogP contribution is 2.34. The van der Waals surface area contributed by atoms with Gasteiger partial charge in [-0.15, -0.1) is 0 Å². The molecule has 35 heavy (non-hydrogen) atoms. The van der Waals surface area contributed by atoms with E-state index in [0.29, 0.717) is 46.9 Å². The lowest BCUT2D eigenvalue weighted by Gasteiger charge is -2.15. The summed E-state index contributed by atoms with van der Waals surface area (Å²) in [6, 6.07) is 17.3. The van der Waals surface area contributed by atoms with Crippen molar-refractivity contribution >= 4 is 28.5 Å². The van der Waals surface area contributed by atoms with Crippen LogP contribution in [0.25, 0.3) is 10.9 Å². The predicted molar refractivity (Wildman–Crippen MR) is 128 cm³/mol. The highest BCUT2D eigenvalue weighted by Gasteiger charge is 2.31. The molecule has 0 amide bonds. The molecule has 1 aromatic heterocycles. The van der Waals surface area contributed by atoms with E-state index in [2.05, 4.69) is 5.32 Å². The molecule has 182 valence electrons. The zero-order chi connectivity index (χ0) is 25.0. The van der Waals surface area contributed by atoms with Crippen molar-refractivity contribution in [1.82, 2.24) is 9.88 Å². The summed E-state index contributed by atoms with van der Waals surface area (Å²) < 4.78 is 48.1. The van der Waals surface area contributed by atoms with Gasteiger partial charge in [0.15, 0.2) is 0 Å². The summed E-state index contributed by atoms with van der Waals surface area (Å²) in [5.74, 6) is -0.363. The number of carbonyl (C=O) groups is 1. The summed E-state index contributed by atoms with van der Waals surface area (Å²) in [5.41, 5.74) is 1.50. The number of ether oxygens (including phenoxy) is 1. The van der Waals surface area contributed by atoms with E-state index in [1.807, 2.05) is 4.57 Å². The van der Waals surface area contributed by atoms with E-state index in [1.54, 1.807) is 48.7 Å². The van der Waals surface area contributed by atoms with Crippen LogP contribution in [0.1, 0.15) is 27.0 Å². The Morgan fingerprint density at radius 2 is 1.71 bits per heavy atom. The number of rotatable bonds is 9. The maximum Gasteiger partial charge on any atom is 0.416 e. The molecule has 4 rings (SSSR count). The van der Waals surface area contributed by atoms with E-state index in [-0.39, 0.29) is 12.1 Å². The van der Waals surface area contributed by atoms with Crippen LogP contribution < -0.4 is 10.1 Å². The van der Waals surface area contributed by atoms with Gasteiger partial charge in [0.1, 0.15) is 12.4 Å². The second kappa shape index (κ2) is 10.4. The third kappa shape index (κ3) is 6.15. The summed E-state index contributed by atoms with van der Waals surface area (Å²) in [5, 5.41) is 13.3. The number of nitrogens with one attached hydrogen (secondary N) is 1. The Bertz CT molecular complexity index is 1320. The largest absolute Gasteiger partial charge is 0.492 e. The average molecular weight is 503 g/mol. The van der Waals surface area contributed by atoms with Gasteiger partial charge in [0.2, 0.25) is 0 Å². The van der Waals surface area contributed by atoms with Crippen LogP contribution in [-0.4, -0.2) is 22.2 Å². The van der Waals surface area contributed by atoms with Gasteiger partial charge >= 0.3 is 12.1 Å². The number of nitrogens with zero attached hydrogens (tertiary/aromatic N) is 1. The number of aromatic carboxylic acids is 1. The van der Waals surface area contributed by atoms with Gasteiger partial charge in [-0.3, -0.25) is 0 Å². The number of halogens is 4. The van der Waals surface area contributed by atoms with Crippen LogP contribution in [0, 0.1) is 0 Å². The summed E-state index contributed by atoms with van der Waals surface area (Å²) in [6.45, 7) is 1.34. The van der Waals surface area contributed by atoms with Crippen molar-refractivity contribution < 1.29 is 27.8 Å². The van der Waals surface area contributed by atoms with E-state index in [1.165, 1.54) is 18.2 Å². The van der Waals surface area contributed by atoms with Crippen molar-refractivity contribution in [2.75, 3.05) is 6.61 Å². The molecule has 9 heteroatoms. The van der Waals surface area contributed by atoms with Gasteiger partial charge in [0.05, 0.1) is 23.2 Å².